The van der Waals surface area contributed by atoms with Gasteiger partial charge in [0.15, 0.2) is 6.10 Å². The van der Waals surface area contributed by atoms with E-state index in [4.69, 9.17) is 16.3 Å². The van der Waals surface area contributed by atoms with E-state index < -0.39 is 42.0 Å². The molecule has 1 fully saturated rings. The average molecular weight is 424 g/mol. The van der Waals surface area contributed by atoms with Crippen molar-refractivity contribution in [2.45, 2.75) is 58.1 Å². The number of hydrogen-bond donors (Lipinski definition) is 2. The van der Waals surface area contributed by atoms with Gasteiger partial charge in [0, 0.05) is 10.7 Å². The first-order valence-corrected chi connectivity index (χ1v) is 10.00. The molecular weight excluding hydrogens is 398 g/mol. The van der Waals surface area contributed by atoms with Crippen molar-refractivity contribution in [2.24, 2.45) is 0 Å². The van der Waals surface area contributed by atoms with Gasteiger partial charge in [0.05, 0.1) is 0 Å². The van der Waals surface area contributed by atoms with Crippen LogP contribution in [0.25, 0.3) is 0 Å². The molecule has 1 aromatic carbocycles. The summed E-state index contributed by atoms with van der Waals surface area (Å²) in [7, 11) is 0. The van der Waals surface area contributed by atoms with Crippen LogP contribution in [0.1, 0.15) is 46.5 Å². The number of nitrogens with one attached hydrogen (secondary N) is 2. The lowest BCUT2D eigenvalue weighted by molar-refractivity contribution is -0.155. The number of halogens is 1. The Bertz CT molecular complexity index is 775. The number of esters is 1. The maximum absolute atomic E-state index is 12.8. The van der Waals surface area contributed by atoms with Gasteiger partial charge in [-0.1, -0.05) is 38.3 Å². The lowest BCUT2D eigenvalue weighted by Crippen LogP contribution is -2.47. The Hall–Kier alpha value is -2.61. The molecule has 4 amide bonds. The largest absolute Gasteiger partial charge is 0.451 e. The molecule has 1 aliphatic heterocycles. The van der Waals surface area contributed by atoms with Gasteiger partial charge in [-0.2, -0.15) is 0 Å². The van der Waals surface area contributed by atoms with Gasteiger partial charge in [-0.3, -0.25) is 19.3 Å². The third-order valence-electron chi connectivity index (χ3n) is 4.68. The number of imide groups is 1. The standard InChI is InChI=1S/C20H26ClN3O5/c1-4-10-20(11-5-2)18(27)24(19(28)23-20)12-16(25)29-13(3)17(26)22-15-8-6-14(21)7-9-15/h6-9,13H,4-5,10-12H2,1-3H3,(H,22,26)(H,23,28)/t13-/m0/s1. The maximum Gasteiger partial charge on any atom is 0.327 e. The lowest BCUT2D eigenvalue weighted by Gasteiger charge is -2.25. The second-order valence-electron chi connectivity index (χ2n) is 7.03. The SMILES string of the molecule is CCCC1(CCC)NC(=O)N(CC(=O)O[C@@H](C)C(=O)Nc2ccc(Cl)cc2)C1=O. The average Bonchev–Trinajstić information content (AvgIpc) is 2.88. The number of rotatable bonds is 9. The molecule has 0 radical (unpaired) electrons. The van der Waals surface area contributed by atoms with E-state index in [1.807, 2.05) is 13.8 Å². The van der Waals surface area contributed by atoms with E-state index in [0.717, 1.165) is 4.90 Å². The highest BCUT2D eigenvalue weighted by Gasteiger charge is 2.50. The van der Waals surface area contributed by atoms with Crippen molar-refractivity contribution < 1.29 is 23.9 Å². The highest BCUT2D eigenvalue weighted by molar-refractivity contribution is 6.30. The fourth-order valence-corrected chi connectivity index (χ4v) is 3.46. The van der Waals surface area contributed by atoms with Crippen LogP contribution in [0.5, 0.6) is 0 Å². The Morgan fingerprint density at radius 3 is 2.31 bits per heavy atom. The summed E-state index contributed by atoms with van der Waals surface area (Å²) in [6.07, 6.45) is 1.32. The fraction of sp³-hybridized carbons (Fsp3) is 0.500. The summed E-state index contributed by atoms with van der Waals surface area (Å²) in [5, 5.41) is 5.85. The first-order valence-electron chi connectivity index (χ1n) is 9.62. The molecule has 0 saturated carbocycles. The molecule has 0 aliphatic carbocycles. The Labute approximate surface area is 174 Å². The molecule has 9 heteroatoms. The number of urea groups is 1. The van der Waals surface area contributed by atoms with Gasteiger partial charge in [0.25, 0.3) is 11.8 Å². The molecule has 1 heterocycles. The Balaban J connectivity index is 1.95. The van der Waals surface area contributed by atoms with Crippen molar-refractivity contribution in [3.05, 3.63) is 29.3 Å². The van der Waals surface area contributed by atoms with Gasteiger partial charge < -0.3 is 15.4 Å². The number of amides is 4. The van der Waals surface area contributed by atoms with Gasteiger partial charge in [-0.05, 0) is 44.0 Å². The smallest absolute Gasteiger partial charge is 0.327 e. The highest BCUT2D eigenvalue weighted by atomic mass is 35.5. The first kappa shape index (κ1) is 22.7. The van der Waals surface area contributed by atoms with Crippen LogP contribution < -0.4 is 10.6 Å². The van der Waals surface area contributed by atoms with Gasteiger partial charge >= 0.3 is 12.0 Å². The number of hydrogen-bond acceptors (Lipinski definition) is 5. The predicted octanol–water partition coefficient (Wildman–Crippen LogP) is 3.10. The number of anilines is 1. The minimum absolute atomic E-state index is 0.429. The fourth-order valence-electron chi connectivity index (χ4n) is 3.33. The summed E-state index contributed by atoms with van der Waals surface area (Å²) >= 11 is 5.80. The van der Waals surface area contributed by atoms with Crippen LogP contribution in [0.4, 0.5) is 10.5 Å². The van der Waals surface area contributed by atoms with E-state index in [-0.39, 0.29) is 0 Å². The summed E-state index contributed by atoms with van der Waals surface area (Å²) in [6.45, 7) is 4.72. The third kappa shape index (κ3) is 5.47. The van der Waals surface area contributed by atoms with E-state index in [1.54, 1.807) is 24.3 Å². The van der Waals surface area contributed by atoms with E-state index in [2.05, 4.69) is 10.6 Å². The van der Waals surface area contributed by atoms with Crippen LogP contribution >= 0.6 is 11.6 Å². The molecule has 0 unspecified atom stereocenters. The Kier molecular flexibility index (Phi) is 7.61. The minimum atomic E-state index is -1.10. The number of ether oxygens (including phenoxy) is 1. The van der Waals surface area contributed by atoms with E-state index >= 15 is 0 Å². The molecule has 2 N–H and O–H groups in total. The molecule has 1 atom stereocenters. The molecule has 1 aliphatic rings. The molecule has 1 saturated heterocycles. The van der Waals surface area contributed by atoms with Gasteiger partial charge in [-0.25, -0.2) is 4.79 Å². The number of nitrogens with zero attached hydrogens (tertiary/aromatic N) is 1. The van der Waals surface area contributed by atoms with Crippen LogP contribution in [-0.4, -0.2) is 46.9 Å². The summed E-state index contributed by atoms with van der Waals surface area (Å²) in [5.41, 5.74) is -0.473. The van der Waals surface area contributed by atoms with E-state index in [1.165, 1.54) is 6.92 Å². The van der Waals surface area contributed by atoms with Crippen molar-refractivity contribution in [1.29, 1.82) is 0 Å². The zero-order chi connectivity index (χ0) is 21.6. The van der Waals surface area contributed by atoms with Gasteiger partial charge in [0.2, 0.25) is 0 Å². The van der Waals surface area contributed by atoms with Crippen LogP contribution in [0.2, 0.25) is 5.02 Å². The second-order valence-corrected chi connectivity index (χ2v) is 7.47. The van der Waals surface area contributed by atoms with Crippen LogP contribution in [-0.2, 0) is 19.1 Å². The van der Waals surface area contributed by atoms with Gasteiger partial charge in [0.1, 0.15) is 12.1 Å². The zero-order valence-corrected chi connectivity index (χ0v) is 17.5. The highest BCUT2D eigenvalue weighted by Crippen LogP contribution is 2.28. The van der Waals surface area contributed by atoms with E-state index in [9.17, 15) is 19.2 Å². The predicted molar refractivity (Wildman–Crippen MR) is 108 cm³/mol. The van der Waals surface area contributed by atoms with Crippen molar-refractivity contribution in [3.8, 4) is 0 Å². The molecule has 0 aromatic heterocycles. The summed E-state index contributed by atoms with van der Waals surface area (Å²) in [4.78, 5) is 50.3. The lowest BCUT2D eigenvalue weighted by atomic mass is 9.88. The normalized spacial score (nSPS) is 16.3. The molecular formula is C20H26ClN3O5. The van der Waals surface area contributed by atoms with Crippen LogP contribution in [0.15, 0.2) is 24.3 Å². The molecule has 1 aromatic rings. The number of carbonyl (C=O) groups is 4. The van der Waals surface area contributed by atoms with Crippen molar-refractivity contribution in [3.63, 3.8) is 0 Å². The minimum Gasteiger partial charge on any atom is -0.451 e. The maximum atomic E-state index is 12.8. The summed E-state index contributed by atoms with van der Waals surface area (Å²) in [5.74, 6) is -1.80. The molecule has 0 bridgehead atoms. The van der Waals surface area contributed by atoms with E-state index in [0.29, 0.717) is 36.4 Å². The number of carbonyl (C=O) groups excluding carboxylic acids is 4. The van der Waals surface area contributed by atoms with Crippen molar-refractivity contribution in [2.75, 3.05) is 11.9 Å². The molecule has 29 heavy (non-hydrogen) atoms. The third-order valence-corrected chi connectivity index (χ3v) is 4.93. The molecule has 158 valence electrons. The molecule has 0 spiro atoms. The van der Waals surface area contributed by atoms with Crippen molar-refractivity contribution >= 4 is 41.1 Å². The van der Waals surface area contributed by atoms with Crippen LogP contribution in [0, 0.1) is 0 Å². The zero-order valence-electron chi connectivity index (χ0n) is 16.8. The topological polar surface area (TPSA) is 105 Å². The summed E-state index contributed by atoms with van der Waals surface area (Å²) < 4.78 is 5.10. The first-order chi connectivity index (χ1) is 13.7. The van der Waals surface area contributed by atoms with Crippen LogP contribution in [0.3, 0.4) is 0 Å². The molecule has 8 nitrogen and oxygen atoms in total. The Morgan fingerprint density at radius 1 is 1.17 bits per heavy atom. The van der Waals surface area contributed by atoms with Gasteiger partial charge in [-0.15, -0.1) is 0 Å². The second kappa shape index (κ2) is 9.73. The molecule has 2 rings (SSSR count). The monoisotopic (exact) mass is 423 g/mol. The van der Waals surface area contributed by atoms with Crippen molar-refractivity contribution in [1.82, 2.24) is 10.2 Å². The summed E-state index contributed by atoms with van der Waals surface area (Å²) in [6, 6.07) is 5.84. The number of benzene rings is 1. The quantitative estimate of drug-likeness (QED) is 0.469. The Morgan fingerprint density at radius 2 is 1.76 bits per heavy atom.